The molecule has 1 aliphatic rings. The summed E-state index contributed by atoms with van der Waals surface area (Å²) in [6.45, 7) is 4.32. The molecular weight excluding hydrogens is 226 g/mol. The third-order valence-electron chi connectivity index (χ3n) is 4.65. The molecule has 0 saturated heterocycles. The second-order valence-electron chi connectivity index (χ2n) is 5.21. The summed E-state index contributed by atoms with van der Waals surface area (Å²) in [6, 6.07) is 5.61. The lowest BCUT2D eigenvalue weighted by molar-refractivity contribution is 0.0399. The second-order valence-corrected chi connectivity index (χ2v) is 5.21. The third kappa shape index (κ3) is 1.82. The van der Waals surface area contributed by atoms with Crippen LogP contribution in [0.3, 0.4) is 0 Å². The first-order chi connectivity index (χ1) is 8.58. The Balaban J connectivity index is 2.59. The minimum absolute atomic E-state index is 0.0215. The van der Waals surface area contributed by atoms with E-state index in [2.05, 4.69) is 13.8 Å². The summed E-state index contributed by atoms with van der Waals surface area (Å²) in [6.07, 6.45) is 2.80. The zero-order valence-corrected chi connectivity index (χ0v) is 11.4. The SMILES string of the molecule is CCC1(CC)c2cc(O)ccc2CC(OC)C1N. The molecule has 100 valence electrons. The van der Waals surface area contributed by atoms with Gasteiger partial charge in [0.1, 0.15) is 5.75 Å². The highest BCUT2D eigenvalue weighted by atomic mass is 16.5. The largest absolute Gasteiger partial charge is 0.508 e. The summed E-state index contributed by atoms with van der Waals surface area (Å²) < 4.78 is 5.56. The average Bonchev–Trinajstić information content (AvgIpc) is 2.39. The first-order valence-corrected chi connectivity index (χ1v) is 6.69. The number of hydrogen-bond acceptors (Lipinski definition) is 3. The fourth-order valence-corrected chi connectivity index (χ4v) is 3.42. The molecule has 0 amide bonds. The lowest BCUT2D eigenvalue weighted by atomic mass is 9.63. The number of rotatable bonds is 3. The van der Waals surface area contributed by atoms with Crippen molar-refractivity contribution in [3.63, 3.8) is 0 Å². The van der Waals surface area contributed by atoms with Gasteiger partial charge in [-0.05, 0) is 36.1 Å². The Morgan fingerprint density at radius 2 is 2.06 bits per heavy atom. The Bertz CT molecular complexity index is 427. The van der Waals surface area contributed by atoms with Crippen LogP contribution in [0.25, 0.3) is 0 Å². The summed E-state index contributed by atoms with van der Waals surface area (Å²) in [4.78, 5) is 0. The average molecular weight is 249 g/mol. The number of nitrogens with two attached hydrogens (primary N) is 1. The van der Waals surface area contributed by atoms with Crippen molar-refractivity contribution < 1.29 is 9.84 Å². The van der Waals surface area contributed by atoms with Crippen molar-refractivity contribution in [3.05, 3.63) is 29.3 Å². The summed E-state index contributed by atoms with van der Waals surface area (Å²) in [5.41, 5.74) is 8.81. The van der Waals surface area contributed by atoms with Crippen LogP contribution in [-0.2, 0) is 16.6 Å². The van der Waals surface area contributed by atoms with E-state index in [0.717, 1.165) is 19.3 Å². The summed E-state index contributed by atoms with van der Waals surface area (Å²) >= 11 is 0. The molecule has 0 heterocycles. The van der Waals surface area contributed by atoms with Gasteiger partial charge in [-0.25, -0.2) is 0 Å². The van der Waals surface area contributed by atoms with Crippen molar-refractivity contribution in [2.45, 2.75) is 50.7 Å². The molecule has 0 saturated carbocycles. The Kier molecular flexibility index (Phi) is 3.64. The zero-order valence-electron chi connectivity index (χ0n) is 11.4. The lowest BCUT2D eigenvalue weighted by Gasteiger charge is -2.46. The first-order valence-electron chi connectivity index (χ1n) is 6.69. The third-order valence-corrected chi connectivity index (χ3v) is 4.65. The van der Waals surface area contributed by atoms with Gasteiger partial charge in [-0.1, -0.05) is 19.9 Å². The van der Waals surface area contributed by atoms with Crippen LogP contribution in [0.15, 0.2) is 18.2 Å². The molecule has 0 radical (unpaired) electrons. The van der Waals surface area contributed by atoms with E-state index in [1.807, 2.05) is 12.1 Å². The smallest absolute Gasteiger partial charge is 0.115 e. The van der Waals surface area contributed by atoms with Gasteiger partial charge in [0.25, 0.3) is 0 Å². The Hall–Kier alpha value is -1.06. The highest BCUT2D eigenvalue weighted by Gasteiger charge is 2.44. The van der Waals surface area contributed by atoms with Crippen LogP contribution < -0.4 is 5.73 Å². The van der Waals surface area contributed by atoms with Crippen molar-refractivity contribution >= 4 is 0 Å². The highest BCUT2D eigenvalue weighted by molar-refractivity contribution is 5.44. The van der Waals surface area contributed by atoms with Gasteiger partial charge in [0, 0.05) is 25.0 Å². The minimum Gasteiger partial charge on any atom is -0.508 e. The van der Waals surface area contributed by atoms with E-state index >= 15 is 0 Å². The molecule has 0 fully saturated rings. The Morgan fingerprint density at radius 3 is 2.61 bits per heavy atom. The maximum absolute atomic E-state index is 9.75. The maximum Gasteiger partial charge on any atom is 0.115 e. The van der Waals surface area contributed by atoms with Gasteiger partial charge in [0.05, 0.1) is 6.10 Å². The van der Waals surface area contributed by atoms with E-state index in [1.165, 1.54) is 11.1 Å². The number of phenolic OH excluding ortho intramolecular Hbond substituents is 1. The van der Waals surface area contributed by atoms with Crippen molar-refractivity contribution in [1.29, 1.82) is 0 Å². The van der Waals surface area contributed by atoms with Crippen LogP contribution in [0.2, 0.25) is 0 Å². The Labute approximate surface area is 109 Å². The molecule has 3 nitrogen and oxygen atoms in total. The van der Waals surface area contributed by atoms with Crippen molar-refractivity contribution in [2.24, 2.45) is 5.73 Å². The number of ether oxygens (including phenoxy) is 1. The fraction of sp³-hybridized carbons (Fsp3) is 0.600. The van der Waals surface area contributed by atoms with Crippen molar-refractivity contribution in [2.75, 3.05) is 7.11 Å². The van der Waals surface area contributed by atoms with Crippen LogP contribution in [-0.4, -0.2) is 24.4 Å². The van der Waals surface area contributed by atoms with Crippen LogP contribution in [0.1, 0.15) is 37.8 Å². The van der Waals surface area contributed by atoms with Gasteiger partial charge in [0.15, 0.2) is 0 Å². The van der Waals surface area contributed by atoms with Gasteiger partial charge in [-0.15, -0.1) is 0 Å². The lowest BCUT2D eigenvalue weighted by Crippen LogP contribution is -2.56. The van der Waals surface area contributed by atoms with Gasteiger partial charge in [0.2, 0.25) is 0 Å². The van der Waals surface area contributed by atoms with Gasteiger partial charge in [-0.2, -0.15) is 0 Å². The number of fused-ring (bicyclic) bond motifs is 1. The predicted octanol–water partition coefficient (Wildman–Crippen LogP) is 2.35. The number of hydrogen-bond donors (Lipinski definition) is 2. The molecule has 1 aromatic rings. The van der Waals surface area contributed by atoms with Crippen LogP contribution in [0.4, 0.5) is 0 Å². The number of aromatic hydroxyl groups is 1. The van der Waals surface area contributed by atoms with E-state index in [9.17, 15) is 5.11 Å². The molecule has 0 aliphatic heterocycles. The molecule has 3 N–H and O–H groups in total. The zero-order chi connectivity index (χ0) is 13.3. The van der Waals surface area contributed by atoms with Gasteiger partial charge < -0.3 is 15.6 Å². The fourth-order valence-electron chi connectivity index (χ4n) is 3.42. The van der Waals surface area contributed by atoms with Crippen molar-refractivity contribution in [3.8, 4) is 5.75 Å². The molecule has 2 rings (SSSR count). The normalized spacial score (nSPS) is 25.8. The van der Waals surface area contributed by atoms with Crippen molar-refractivity contribution in [1.82, 2.24) is 0 Å². The van der Waals surface area contributed by atoms with E-state index in [0.29, 0.717) is 5.75 Å². The quantitative estimate of drug-likeness (QED) is 0.864. The van der Waals surface area contributed by atoms with Crippen LogP contribution in [0, 0.1) is 0 Å². The van der Waals surface area contributed by atoms with Gasteiger partial charge in [-0.3, -0.25) is 0 Å². The van der Waals surface area contributed by atoms with E-state index < -0.39 is 0 Å². The molecule has 0 spiro atoms. The monoisotopic (exact) mass is 249 g/mol. The number of methoxy groups -OCH3 is 1. The first kappa shape index (κ1) is 13.4. The molecule has 18 heavy (non-hydrogen) atoms. The van der Waals surface area contributed by atoms with E-state index in [4.69, 9.17) is 10.5 Å². The summed E-state index contributed by atoms with van der Waals surface area (Å²) in [7, 11) is 1.73. The molecule has 2 atom stereocenters. The minimum atomic E-state index is -0.0903. The summed E-state index contributed by atoms with van der Waals surface area (Å²) in [5.74, 6) is 0.322. The maximum atomic E-state index is 9.75. The van der Waals surface area contributed by atoms with Crippen LogP contribution in [0.5, 0.6) is 5.75 Å². The molecule has 2 unspecified atom stereocenters. The van der Waals surface area contributed by atoms with E-state index in [-0.39, 0.29) is 17.6 Å². The molecule has 0 aromatic heterocycles. The van der Waals surface area contributed by atoms with Gasteiger partial charge >= 0.3 is 0 Å². The number of phenols is 1. The topological polar surface area (TPSA) is 55.5 Å². The highest BCUT2D eigenvalue weighted by Crippen LogP contribution is 2.43. The Morgan fingerprint density at radius 1 is 1.39 bits per heavy atom. The molecular formula is C15H23NO2. The van der Waals surface area contributed by atoms with Crippen LogP contribution >= 0.6 is 0 Å². The second kappa shape index (κ2) is 4.90. The number of benzene rings is 1. The molecule has 0 bridgehead atoms. The predicted molar refractivity (Wildman–Crippen MR) is 72.8 cm³/mol. The molecule has 1 aliphatic carbocycles. The van der Waals surface area contributed by atoms with E-state index in [1.54, 1.807) is 13.2 Å². The summed E-state index contributed by atoms with van der Waals surface area (Å²) in [5, 5.41) is 9.75. The molecule has 3 heteroatoms. The molecule has 1 aromatic carbocycles. The standard InChI is InChI=1S/C15H23NO2/c1-4-15(5-2)12-9-11(17)7-6-10(12)8-13(18-3)14(15)16/h6-7,9,13-14,17H,4-5,8,16H2,1-3H3.